The van der Waals surface area contributed by atoms with Crippen molar-refractivity contribution >= 4 is 5.91 Å². The Balaban J connectivity index is 1.91. The van der Waals surface area contributed by atoms with Gasteiger partial charge in [0.15, 0.2) is 0 Å². The third kappa shape index (κ3) is 5.76. The van der Waals surface area contributed by atoms with Gasteiger partial charge in [0.25, 0.3) is 0 Å². The van der Waals surface area contributed by atoms with Crippen molar-refractivity contribution < 1.29 is 9.18 Å². The Labute approximate surface area is 142 Å². The number of amides is 1. The lowest BCUT2D eigenvalue weighted by Crippen LogP contribution is -2.40. The first kappa shape index (κ1) is 18.1. The predicted octanol–water partition coefficient (Wildman–Crippen LogP) is 2.46. The van der Waals surface area contributed by atoms with E-state index in [9.17, 15) is 9.18 Å². The molecule has 2 aromatic rings. The topological polar surface area (TPSA) is 58.4 Å². The van der Waals surface area contributed by atoms with Crippen LogP contribution >= 0.6 is 0 Å². The third-order valence-electron chi connectivity index (χ3n) is 3.81. The first-order chi connectivity index (χ1) is 11.6. The molecule has 0 aliphatic rings. The summed E-state index contributed by atoms with van der Waals surface area (Å²) in [5.74, 6) is -0.356. The number of nitrogens with two attached hydrogens (primary N) is 1. The highest BCUT2D eigenvalue weighted by molar-refractivity contribution is 5.78. The summed E-state index contributed by atoms with van der Waals surface area (Å²) < 4.78 is 13.0. The highest BCUT2D eigenvalue weighted by Crippen LogP contribution is 2.13. The molecule has 0 aliphatic carbocycles. The van der Waals surface area contributed by atoms with Crippen LogP contribution < -0.4 is 11.1 Å². The largest absolute Gasteiger partial charge is 0.348 e. The minimum absolute atomic E-state index is 0.0730. The maximum Gasteiger partial charge on any atom is 0.234 e. The van der Waals surface area contributed by atoms with Gasteiger partial charge in [0.05, 0.1) is 12.6 Å². The highest BCUT2D eigenvalue weighted by atomic mass is 19.1. The number of hydrogen-bond donors (Lipinski definition) is 2. The van der Waals surface area contributed by atoms with Crippen molar-refractivity contribution in [2.24, 2.45) is 5.73 Å². The van der Waals surface area contributed by atoms with Crippen LogP contribution in [0.5, 0.6) is 0 Å². The molecule has 1 unspecified atom stereocenters. The Bertz CT molecular complexity index is 631. The maximum atomic E-state index is 13.0. The van der Waals surface area contributed by atoms with E-state index >= 15 is 0 Å². The molecule has 0 bridgehead atoms. The van der Waals surface area contributed by atoms with E-state index in [0.717, 1.165) is 11.1 Å². The van der Waals surface area contributed by atoms with Crippen LogP contribution in [0.1, 0.15) is 24.1 Å². The minimum atomic E-state index is -0.283. The summed E-state index contributed by atoms with van der Waals surface area (Å²) in [6, 6.07) is 16.0. The van der Waals surface area contributed by atoms with Gasteiger partial charge < -0.3 is 11.1 Å². The van der Waals surface area contributed by atoms with Crippen LogP contribution in [0.3, 0.4) is 0 Å². The Morgan fingerprint density at radius 2 is 1.83 bits per heavy atom. The van der Waals surface area contributed by atoms with Crippen LogP contribution in [0, 0.1) is 5.82 Å². The fraction of sp³-hybridized carbons (Fsp3) is 0.316. The van der Waals surface area contributed by atoms with E-state index in [1.54, 1.807) is 12.1 Å². The van der Waals surface area contributed by atoms with Gasteiger partial charge in [-0.3, -0.25) is 9.69 Å². The summed E-state index contributed by atoms with van der Waals surface area (Å²) in [6.07, 6.45) is 0. The van der Waals surface area contributed by atoms with Crippen molar-refractivity contribution in [2.75, 3.05) is 19.6 Å². The molecule has 0 aromatic heterocycles. The van der Waals surface area contributed by atoms with E-state index in [1.807, 2.05) is 42.2 Å². The minimum Gasteiger partial charge on any atom is -0.348 e. The summed E-state index contributed by atoms with van der Waals surface area (Å²) in [6.45, 7) is 3.98. The van der Waals surface area contributed by atoms with E-state index in [-0.39, 0.29) is 24.3 Å². The summed E-state index contributed by atoms with van der Waals surface area (Å²) in [5, 5.41) is 2.95. The molecule has 24 heavy (non-hydrogen) atoms. The van der Waals surface area contributed by atoms with E-state index in [1.165, 1.54) is 12.1 Å². The first-order valence-corrected chi connectivity index (χ1v) is 8.09. The number of carbonyl (C=O) groups is 1. The molecular formula is C19H24FN3O. The second-order valence-corrected chi connectivity index (χ2v) is 5.83. The van der Waals surface area contributed by atoms with Crippen molar-refractivity contribution in [3.63, 3.8) is 0 Å². The molecule has 5 heteroatoms. The molecule has 4 nitrogen and oxygen atoms in total. The Morgan fingerprint density at radius 1 is 1.17 bits per heavy atom. The number of halogens is 1. The molecule has 2 rings (SSSR count). The van der Waals surface area contributed by atoms with Crippen molar-refractivity contribution in [2.45, 2.75) is 19.5 Å². The zero-order valence-corrected chi connectivity index (χ0v) is 13.9. The number of rotatable bonds is 8. The van der Waals surface area contributed by atoms with Gasteiger partial charge in [-0.2, -0.15) is 0 Å². The van der Waals surface area contributed by atoms with Gasteiger partial charge in [0.1, 0.15) is 5.82 Å². The fourth-order valence-electron chi connectivity index (χ4n) is 2.56. The van der Waals surface area contributed by atoms with Crippen LogP contribution in [-0.2, 0) is 11.3 Å². The van der Waals surface area contributed by atoms with Gasteiger partial charge in [-0.25, -0.2) is 4.39 Å². The van der Waals surface area contributed by atoms with Gasteiger partial charge >= 0.3 is 0 Å². The molecule has 0 aliphatic heterocycles. The van der Waals surface area contributed by atoms with Crippen LogP contribution in [0.4, 0.5) is 4.39 Å². The quantitative estimate of drug-likeness (QED) is 0.782. The van der Waals surface area contributed by atoms with E-state index in [2.05, 4.69) is 5.32 Å². The van der Waals surface area contributed by atoms with E-state index < -0.39 is 0 Å². The van der Waals surface area contributed by atoms with Gasteiger partial charge in [-0.1, -0.05) is 42.5 Å². The summed E-state index contributed by atoms with van der Waals surface area (Å²) in [7, 11) is 0. The molecular weight excluding hydrogens is 305 g/mol. The van der Waals surface area contributed by atoms with Gasteiger partial charge in [-0.15, -0.1) is 0 Å². The lowest BCUT2D eigenvalue weighted by Gasteiger charge is -2.22. The van der Waals surface area contributed by atoms with Crippen molar-refractivity contribution in [1.82, 2.24) is 10.2 Å². The molecule has 0 saturated heterocycles. The molecule has 0 spiro atoms. The Hall–Kier alpha value is -2.24. The number of nitrogens with zero attached hydrogens (tertiary/aromatic N) is 1. The second kappa shape index (κ2) is 9.15. The number of benzene rings is 2. The fourth-order valence-corrected chi connectivity index (χ4v) is 2.56. The number of nitrogens with one attached hydrogen (secondary N) is 1. The van der Waals surface area contributed by atoms with Gasteiger partial charge in [0.2, 0.25) is 5.91 Å². The van der Waals surface area contributed by atoms with Crippen LogP contribution in [0.2, 0.25) is 0 Å². The Morgan fingerprint density at radius 3 is 2.46 bits per heavy atom. The molecule has 2 aromatic carbocycles. The smallest absolute Gasteiger partial charge is 0.234 e. The van der Waals surface area contributed by atoms with Gasteiger partial charge in [0, 0.05) is 19.6 Å². The summed E-state index contributed by atoms with van der Waals surface area (Å²) in [4.78, 5) is 14.3. The van der Waals surface area contributed by atoms with Crippen molar-refractivity contribution in [1.29, 1.82) is 0 Å². The lowest BCUT2D eigenvalue weighted by atomic mass is 10.1. The Kier molecular flexibility index (Phi) is 6.90. The zero-order valence-electron chi connectivity index (χ0n) is 13.9. The molecule has 0 heterocycles. The standard InChI is InChI=1S/C19H24FN3O/c1-15(17-7-9-18(20)10-8-17)22-19(24)14-23(12-11-21)13-16-5-3-2-4-6-16/h2-10,15H,11-14,21H2,1H3,(H,22,24). The molecule has 0 radical (unpaired) electrons. The average Bonchev–Trinajstić information content (AvgIpc) is 2.56. The van der Waals surface area contributed by atoms with E-state index in [4.69, 9.17) is 5.73 Å². The van der Waals surface area contributed by atoms with Crippen LogP contribution in [0.15, 0.2) is 54.6 Å². The number of carbonyl (C=O) groups excluding carboxylic acids is 1. The van der Waals surface area contributed by atoms with Crippen LogP contribution in [-0.4, -0.2) is 30.4 Å². The lowest BCUT2D eigenvalue weighted by molar-refractivity contribution is -0.123. The molecule has 0 saturated carbocycles. The van der Waals surface area contributed by atoms with Crippen molar-refractivity contribution in [3.05, 3.63) is 71.5 Å². The summed E-state index contributed by atoms with van der Waals surface area (Å²) >= 11 is 0. The van der Waals surface area contributed by atoms with Crippen molar-refractivity contribution in [3.8, 4) is 0 Å². The zero-order chi connectivity index (χ0) is 17.4. The van der Waals surface area contributed by atoms with Crippen LogP contribution in [0.25, 0.3) is 0 Å². The maximum absolute atomic E-state index is 13.0. The number of hydrogen-bond acceptors (Lipinski definition) is 3. The molecule has 1 atom stereocenters. The predicted molar refractivity (Wildman–Crippen MR) is 93.7 cm³/mol. The van der Waals surface area contributed by atoms with Gasteiger partial charge in [-0.05, 0) is 30.2 Å². The monoisotopic (exact) mass is 329 g/mol. The molecule has 3 N–H and O–H groups in total. The molecule has 128 valence electrons. The highest BCUT2D eigenvalue weighted by Gasteiger charge is 2.14. The first-order valence-electron chi connectivity index (χ1n) is 8.09. The normalized spacial score (nSPS) is 12.2. The molecule has 1 amide bonds. The third-order valence-corrected chi connectivity index (χ3v) is 3.81. The molecule has 0 fully saturated rings. The summed E-state index contributed by atoms with van der Waals surface area (Å²) in [5.41, 5.74) is 7.67. The second-order valence-electron chi connectivity index (χ2n) is 5.83. The SMILES string of the molecule is CC(NC(=O)CN(CCN)Cc1ccccc1)c1ccc(F)cc1. The average molecular weight is 329 g/mol. The van der Waals surface area contributed by atoms with E-state index in [0.29, 0.717) is 19.6 Å².